The highest BCUT2D eigenvalue weighted by Crippen LogP contribution is 2.20. The predicted molar refractivity (Wildman–Crippen MR) is 80.2 cm³/mol. The summed E-state index contributed by atoms with van der Waals surface area (Å²) in [5.41, 5.74) is 0. The van der Waals surface area contributed by atoms with E-state index in [-0.39, 0.29) is 6.04 Å². The van der Waals surface area contributed by atoms with Crippen LogP contribution >= 0.6 is 0 Å². The Morgan fingerprint density at radius 1 is 1.21 bits per heavy atom. The number of carbonyl (C=O) groups is 1. The van der Waals surface area contributed by atoms with Gasteiger partial charge in [0, 0.05) is 19.6 Å². The summed E-state index contributed by atoms with van der Waals surface area (Å²) in [7, 11) is 4.11. The van der Waals surface area contributed by atoms with E-state index in [1.165, 1.54) is 12.8 Å². The van der Waals surface area contributed by atoms with E-state index >= 15 is 0 Å². The van der Waals surface area contributed by atoms with Crippen molar-refractivity contribution >= 4 is 5.91 Å². The number of hydrogen-bond acceptors (Lipinski definition) is 3. The van der Waals surface area contributed by atoms with Crippen LogP contribution in [-0.4, -0.2) is 62.0 Å². The second-order valence-corrected chi connectivity index (χ2v) is 5.93. The topological polar surface area (TPSA) is 35.6 Å². The molecular formula is C15H31N3O. The standard InChI is InChI=1S/C15H31N3O/c1-5-9-18(11-10-17(3)4)15(19)14-12-13(6-2)7-8-16-14/h13-14,16H,5-12H2,1-4H3. The Hall–Kier alpha value is -0.610. The molecule has 112 valence electrons. The summed E-state index contributed by atoms with van der Waals surface area (Å²) >= 11 is 0. The molecule has 4 heteroatoms. The third-order valence-electron chi connectivity index (χ3n) is 4.01. The summed E-state index contributed by atoms with van der Waals surface area (Å²) in [5, 5.41) is 3.40. The summed E-state index contributed by atoms with van der Waals surface area (Å²) < 4.78 is 0. The van der Waals surface area contributed by atoms with Gasteiger partial charge < -0.3 is 15.1 Å². The third-order valence-corrected chi connectivity index (χ3v) is 4.01. The van der Waals surface area contributed by atoms with Gasteiger partial charge in [-0.15, -0.1) is 0 Å². The molecule has 0 saturated carbocycles. The van der Waals surface area contributed by atoms with Gasteiger partial charge in [-0.3, -0.25) is 4.79 Å². The number of hydrogen-bond donors (Lipinski definition) is 1. The Labute approximate surface area is 118 Å². The summed E-state index contributed by atoms with van der Waals surface area (Å²) in [6.07, 6.45) is 4.45. The third kappa shape index (κ3) is 5.49. The van der Waals surface area contributed by atoms with Gasteiger partial charge in [-0.1, -0.05) is 20.3 Å². The molecule has 2 unspecified atom stereocenters. The van der Waals surface area contributed by atoms with Crippen LogP contribution in [0.1, 0.15) is 39.5 Å². The molecule has 19 heavy (non-hydrogen) atoms. The first kappa shape index (κ1) is 16.4. The molecule has 4 nitrogen and oxygen atoms in total. The summed E-state index contributed by atoms with van der Waals surface area (Å²) in [6.45, 7) is 8.01. The van der Waals surface area contributed by atoms with Crippen LogP contribution in [0.5, 0.6) is 0 Å². The normalized spacial score (nSPS) is 23.6. The predicted octanol–water partition coefficient (Wildman–Crippen LogP) is 1.56. The largest absolute Gasteiger partial charge is 0.340 e. The fourth-order valence-electron chi connectivity index (χ4n) is 2.70. The summed E-state index contributed by atoms with van der Waals surface area (Å²) in [6, 6.07) is 0.0485. The number of nitrogens with one attached hydrogen (secondary N) is 1. The van der Waals surface area contributed by atoms with Crippen molar-refractivity contribution in [1.82, 2.24) is 15.1 Å². The second kappa shape index (κ2) is 8.54. The van der Waals surface area contributed by atoms with E-state index in [1.54, 1.807) is 0 Å². The van der Waals surface area contributed by atoms with E-state index in [0.717, 1.165) is 39.0 Å². The van der Waals surface area contributed by atoms with Crippen molar-refractivity contribution in [2.24, 2.45) is 5.92 Å². The average Bonchev–Trinajstić information content (AvgIpc) is 2.42. The van der Waals surface area contributed by atoms with Crippen LogP contribution in [0.3, 0.4) is 0 Å². The quantitative estimate of drug-likeness (QED) is 0.762. The van der Waals surface area contributed by atoms with Gasteiger partial charge >= 0.3 is 0 Å². The maximum absolute atomic E-state index is 12.6. The number of carbonyl (C=O) groups excluding carboxylic acids is 1. The zero-order valence-electron chi connectivity index (χ0n) is 13.1. The van der Waals surface area contributed by atoms with Crippen molar-refractivity contribution in [3.63, 3.8) is 0 Å². The average molecular weight is 269 g/mol. The smallest absolute Gasteiger partial charge is 0.239 e. The van der Waals surface area contributed by atoms with Crippen molar-refractivity contribution in [1.29, 1.82) is 0 Å². The molecule has 1 N–H and O–H groups in total. The molecule has 0 spiro atoms. The second-order valence-electron chi connectivity index (χ2n) is 5.93. The molecule has 0 aromatic carbocycles. The van der Waals surface area contributed by atoms with Crippen LogP contribution < -0.4 is 5.32 Å². The first-order valence-electron chi connectivity index (χ1n) is 7.75. The molecule has 0 aromatic heterocycles. The van der Waals surface area contributed by atoms with Crippen molar-refractivity contribution in [2.45, 2.75) is 45.6 Å². The molecule has 0 aliphatic carbocycles. The molecule has 2 atom stereocenters. The molecule has 1 aliphatic rings. The van der Waals surface area contributed by atoms with E-state index in [4.69, 9.17) is 0 Å². The van der Waals surface area contributed by atoms with Crippen LogP contribution in [-0.2, 0) is 4.79 Å². The molecule has 1 saturated heterocycles. The van der Waals surface area contributed by atoms with Crippen LogP contribution in [0, 0.1) is 5.92 Å². The van der Waals surface area contributed by atoms with Crippen LogP contribution in [0.15, 0.2) is 0 Å². The lowest BCUT2D eigenvalue weighted by molar-refractivity contribution is -0.134. The number of likely N-dealkylation sites (N-methyl/N-ethyl adjacent to an activating group) is 1. The Morgan fingerprint density at radius 2 is 1.95 bits per heavy atom. The lowest BCUT2D eigenvalue weighted by atomic mass is 9.90. The van der Waals surface area contributed by atoms with Crippen LogP contribution in [0.25, 0.3) is 0 Å². The van der Waals surface area contributed by atoms with E-state index in [0.29, 0.717) is 11.8 Å². The van der Waals surface area contributed by atoms with Crippen LogP contribution in [0.4, 0.5) is 0 Å². The zero-order valence-corrected chi connectivity index (χ0v) is 13.1. The van der Waals surface area contributed by atoms with Crippen molar-refractivity contribution < 1.29 is 4.79 Å². The van der Waals surface area contributed by atoms with Gasteiger partial charge in [0.2, 0.25) is 5.91 Å². The van der Waals surface area contributed by atoms with E-state index < -0.39 is 0 Å². The number of rotatable bonds is 7. The molecule has 0 radical (unpaired) electrons. The van der Waals surface area contributed by atoms with Crippen molar-refractivity contribution in [3.05, 3.63) is 0 Å². The first-order chi connectivity index (χ1) is 9.08. The molecule has 1 rings (SSSR count). The summed E-state index contributed by atoms with van der Waals surface area (Å²) in [5.74, 6) is 1.02. The minimum absolute atomic E-state index is 0.0485. The molecule has 1 fully saturated rings. The van der Waals surface area contributed by atoms with E-state index in [9.17, 15) is 4.79 Å². The maximum atomic E-state index is 12.6. The Bertz CT molecular complexity index is 268. The number of piperidine rings is 1. The number of nitrogens with zero attached hydrogens (tertiary/aromatic N) is 2. The lowest BCUT2D eigenvalue weighted by Gasteiger charge is -2.33. The minimum Gasteiger partial charge on any atom is -0.340 e. The maximum Gasteiger partial charge on any atom is 0.239 e. The molecule has 1 amide bonds. The molecule has 0 bridgehead atoms. The lowest BCUT2D eigenvalue weighted by Crippen LogP contribution is -2.51. The summed E-state index contributed by atoms with van der Waals surface area (Å²) in [4.78, 5) is 16.8. The van der Waals surface area contributed by atoms with Gasteiger partial charge in [0.25, 0.3) is 0 Å². The SMILES string of the molecule is CCCN(CCN(C)C)C(=O)C1CC(CC)CCN1. The fourth-order valence-corrected chi connectivity index (χ4v) is 2.70. The highest BCUT2D eigenvalue weighted by molar-refractivity contribution is 5.82. The highest BCUT2D eigenvalue weighted by atomic mass is 16.2. The van der Waals surface area contributed by atoms with Crippen molar-refractivity contribution in [3.8, 4) is 0 Å². The van der Waals surface area contributed by atoms with Gasteiger partial charge in [-0.25, -0.2) is 0 Å². The fraction of sp³-hybridized carbons (Fsp3) is 0.933. The first-order valence-corrected chi connectivity index (χ1v) is 7.75. The Morgan fingerprint density at radius 3 is 2.53 bits per heavy atom. The minimum atomic E-state index is 0.0485. The van der Waals surface area contributed by atoms with Gasteiger partial charge in [0.05, 0.1) is 6.04 Å². The van der Waals surface area contributed by atoms with Crippen LogP contribution in [0.2, 0.25) is 0 Å². The molecular weight excluding hydrogens is 238 g/mol. The van der Waals surface area contributed by atoms with Gasteiger partial charge in [-0.05, 0) is 45.8 Å². The number of amides is 1. The molecule has 0 aromatic rings. The Kier molecular flexibility index (Phi) is 7.39. The van der Waals surface area contributed by atoms with Gasteiger partial charge in [0.15, 0.2) is 0 Å². The Balaban J connectivity index is 2.54. The monoisotopic (exact) mass is 269 g/mol. The van der Waals surface area contributed by atoms with Crippen molar-refractivity contribution in [2.75, 3.05) is 40.3 Å². The van der Waals surface area contributed by atoms with Gasteiger partial charge in [0.1, 0.15) is 0 Å². The molecule has 1 heterocycles. The van der Waals surface area contributed by atoms with E-state index in [1.807, 2.05) is 4.90 Å². The zero-order chi connectivity index (χ0) is 14.3. The van der Waals surface area contributed by atoms with E-state index in [2.05, 4.69) is 38.2 Å². The van der Waals surface area contributed by atoms with Gasteiger partial charge in [-0.2, -0.15) is 0 Å². The highest BCUT2D eigenvalue weighted by Gasteiger charge is 2.28. The molecule has 1 aliphatic heterocycles.